The lowest BCUT2D eigenvalue weighted by molar-refractivity contribution is -0.134. The zero-order chi connectivity index (χ0) is 19.9. The second kappa shape index (κ2) is 9.42. The number of likely N-dealkylation sites (tertiary alicyclic amines) is 1. The summed E-state index contributed by atoms with van der Waals surface area (Å²) in [6.45, 7) is 1.76. The first kappa shape index (κ1) is 19.3. The fraction of sp³-hybridized carbons (Fsp3) is 0.269. The molecule has 0 atom stereocenters. The maximum Gasteiger partial charge on any atom is 0.260 e. The van der Waals surface area contributed by atoms with Crippen LogP contribution in [0, 0.1) is 5.92 Å². The van der Waals surface area contributed by atoms with Crippen LogP contribution in [0.1, 0.15) is 18.4 Å². The Balaban J connectivity index is 1.23. The highest BCUT2D eigenvalue weighted by Crippen LogP contribution is 2.23. The monoisotopic (exact) mass is 385 g/mol. The molecule has 0 radical (unpaired) electrons. The van der Waals surface area contributed by atoms with E-state index in [0.29, 0.717) is 5.92 Å². The van der Waals surface area contributed by atoms with E-state index < -0.39 is 0 Å². The van der Waals surface area contributed by atoms with Crippen LogP contribution in [0.2, 0.25) is 0 Å². The molecule has 29 heavy (non-hydrogen) atoms. The molecule has 0 unspecified atom stereocenters. The van der Waals surface area contributed by atoms with Crippen molar-refractivity contribution in [1.82, 2.24) is 4.90 Å². The number of rotatable bonds is 6. The molecular formula is C26H27NO2. The molecule has 0 N–H and O–H groups in total. The molecule has 0 aliphatic carbocycles. The first-order chi connectivity index (χ1) is 14.3. The lowest BCUT2D eigenvalue weighted by atomic mass is 9.90. The predicted octanol–water partition coefficient (Wildman–Crippen LogP) is 5.21. The lowest BCUT2D eigenvalue weighted by Crippen LogP contribution is -2.41. The number of ether oxygens (including phenoxy) is 1. The number of hydrogen-bond acceptors (Lipinski definition) is 2. The molecule has 1 heterocycles. The fourth-order valence-corrected chi connectivity index (χ4v) is 3.94. The van der Waals surface area contributed by atoms with E-state index in [1.807, 2.05) is 47.4 Å². The number of nitrogens with zero attached hydrogens (tertiary/aromatic N) is 1. The molecule has 0 aromatic heterocycles. The van der Waals surface area contributed by atoms with Crippen LogP contribution in [-0.2, 0) is 11.2 Å². The van der Waals surface area contributed by atoms with E-state index in [9.17, 15) is 4.79 Å². The molecule has 1 fully saturated rings. The van der Waals surface area contributed by atoms with E-state index in [4.69, 9.17) is 4.74 Å². The van der Waals surface area contributed by atoms with Gasteiger partial charge in [0, 0.05) is 13.1 Å². The Morgan fingerprint density at radius 3 is 2.03 bits per heavy atom. The topological polar surface area (TPSA) is 29.5 Å². The summed E-state index contributed by atoms with van der Waals surface area (Å²) < 4.78 is 5.74. The van der Waals surface area contributed by atoms with Crippen molar-refractivity contribution in [2.24, 2.45) is 5.92 Å². The molecule has 1 amide bonds. The van der Waals surface area contributed by atoms with Gasteiger partial charge in [0.25, 0.3) is 5.91 Å². The molecule has 3 heteroatoms. The molecule has 1 saturated heterocycles. The maximum absolute atomic E-state index is 12.5. The number of amides is 1. The van der Waals surface area contributed by atoms with Crippen molar-refractivity contribution in [3.8, 4) is 16.9 Å². The van der Waals surface area contributed by atoms with E-state index in [-0.39, 0.29) is 12.5 Å². The zero-order valence-corrected chi connectivity index (χ0v) is 16.7. The molecule has 0 saturated carbocycles. The van der Waals surface area contributed by atoms with Crippen LogP contribution in [0.4, 0.5) is 0 Å². The molecule has 0 bridgehead atoms. The van der Waals surface area contributed by atoms with Gasteiger partial charge in [0.15, 0.2) is 6.61 Å². The summed E-state index contributed by atoms with van der Waals surface area (Å²) in [5.41, 5.74) is 3.71. The van der Waals surface area contributed by atoms with Gasteiger partial charge in [-0.05, 0) is 54.0 Å². The third-order valence-electron chi connectivity index (χ3n) is 5.66. The minimum Gasteiger partial charge on any atom is -0.484 e. The van der Waals surface area contributed by atoms with Crippen molar-refractivity contribution in [3.63, 3.8) is 0 Å². The smallest absolute Gasteiger partial charge is 0.260 e. The Labute approximate surface area is 172 Å². The summed E-state index contributed by atoms with van der Waals surface area (Å²) in [7, 11) is 0. The maximum atomic E-state index is 12.5. The third-order valence-corrected chi connectivity index (χ3v) is 5.66. The van der Waals surface area contributed by atoms with Crippen LogP contribution in [0.3, 0.4) is 0 Å². The normalized spacial score (nSPS) is 14.6. The van der Waals surface area contributed by atoms with Gasteiger partial charge in [-0.2, -0.15) is 0 Å². The quantitative estimate of drug-likeness (QED) is 0.583. The summed E-state index contributed by atoms with van der Waals surface area (Å²) in [6, 6.07) is 28.8. The van der Waals surface area contributed by atoms with E-state index in [2.05, 4.69) is 42.5 Å². The van der Waals surface area contributed by atoms with Gasteiger partial charge in [0.2, 0.25) is 0 Å². The van der Waals surface area contributed by atoms with Crippen molar-refractivity contribution in [1.29, 1.82) is 0 Å². The van der Waals surface area contributed by atoms with E-state index in [0.717, 1.165) is 43.7 Å². The fourth-order valence-electron chi connectivity index (χ4n) is 3.94. The standard InChI is InChI=1S/C26H27NO2/c28-26(27-17-15-22(16-18-27)19-21-7-3-1-4-8-21)20-29-25-13-11-24(12-14-25)23-9-5-2-6-10-23/h1-14,22H,15-20H2. The number of carbonyl (C=O) groups is 1. The number of hydrogen-bond donors (Lipinski definition) is 0. The van der Waals surface area contributed by atoms with E-state index in [1.165, 1.54) is 11.1 Å². The predicted molar refractivity (Wildman–Crippen MR) is 117 cm³/mol. The van der Waals surface area contributed by atoms with Crippen molar-refractivity contribution >= 4 is 5.91 Å². The first-order valence-electron chi connectivity index (χ1n) is 10.4. The van der Waals surface area contributed by atoms with Crippen molar-refractivity contribution in [2.75, 3.05) is 19.7 Å². The van der Waals surface area contributed by atoms with Crippen LogP contribution in [-0.4, -0.2) is 30.5 Å². The van der Waals surface area contributed by atoms with Gasteiger partial charge < -0.3 is 9.64 Å². The summed E-state index contributed by atoms with van der Waals surface area (Å²) in [6.07, 6.45) is 3.23. The van der Waals surface area contributed by atoms with Gasteiger partial charge in [0.1, 0.15) is 5.75 Å². The van der Waals surface area contributed by atoms with Crippen LogP contribution in [0.15, 0.2) is 84.9 Å². The first-order valence-corrected chi connectivity index (χ1v) is 10.4. The van der Waals surface area contributed by atoms with Crippen LogP contribution in [0.25, 0.3) is 11.1 Å². The highest BCUT2D eigenvalue weighted by Gasteiger charge is 2.23. The number of piperidine rings is 1. The second-order valence-corrected chi connectivity index (χ2v) is 7.69. The Kier molecular flexibility index (Phi) is 6.25. The molecule has 1 aliphatic rings. The molecular weight excluding hydrogens is 358 g/mol. The van der Waals surface area contributed by atoms with Crippen molar-refractivity contribution < 1.29 is 9.53 Å². The minimum atomic E-state index is 0.0790. The molecule has 3 nitrogen and oxygen atoms in total. The lowest BCUT2D eigenvalue weighted by Gasteiger charge is -2.32. The molecule has 1 aliphatic heterocycles. The van der Waals surface area contributed by atoms with Gasteiger partial charge in [-0.15, -0.1) is 0 Å². The molecule has 3 aromatic rings. The minimum absolute atomic E-state index is 0.0790. The zero-order valence-electron chi connectivity index (χ0n) is 16.7. The van der Waals surface area contributed by atoms with Gasteiger partial charge in [0.05, 0.1) is 0 Å². The average molecular weight is 386 g/mol. The highest BCUT2D eigenvalue weighted by molar-refractivity contribution is 5.78. The summed E-state index contributed by atoms with van der Waals surface area (Å²) in [5, 5.41) is 0. The van der Waals surface area contributed by atoms with E-state index >= 15 is 0 Å². The largest absolute Gasteiger partial charge is 0.484 e. The Morgan fingerprint density at radius 1 is 0.793 bits per heavy atom. The van der Waals surface area contributed by atoms with Crippen LogP contribution < -0.4 is 4.74 Å². The van der Waals surface area contributed by atoms with Gasteiger partial charge in [-0.3, -0.25) is 4.79 Å². The molecule has 3 aromatic carbocycles. The summed E-state index contributed by atoms with van der Waals surface area (Å²) >= 11 is 0. The van der Waals surface area contributed by atoms with Crippen molar-refractivity contribution in [3.05, 3.63) is 90.5 Å². The Hall–Kier alpha value is -3.07. The number of benzene rings is 3. The summed E-state index contributed by atoms with van der Waals surface area (Å²) in [4.78, 5) is 14.5. The van der Waals surface area contributed by atoms with Gasteiger partial charge in [-0.25, -0.2) is 0 Å². The third kappa shape index (κ3) is 5.26. The average Bonchev–Trinajstić information content (AvgIpc) is 2.80. The van der Waals surface area contributed by atoms with Crippen LogP contribution >= 0.6 is 0 Å². The van der Waals surface area contributed by atoms with E-state index in [1.54, 1.807) is 0 Å². The summed E-state index contributed by atoms with van der Waals surface area (Å²) in [5.74, 6) is 1.47. The SMILES string of the molecule is O=C(COc1ccc(-c2ccccc2)cc1)N1CCC(Cc2ccccc2)CC1. The second-order valence-electron chi connectivity index (χ2n) is 7.69. The van der Waals surface area contributed by atoms with Crippen molar-refractivity contribution in [2.45, 2.75) is 19.3 Å². The molecule has 148 valence electrons. The van der Waals surface area contributed by atoms with Gasteiger partial charge >= 0.3 is 0 Å². The number of carbonyl (C=O) groups excluding carboxylic acids is 1. The van der Waals surface area contributed by atoms with Crippen LogP contribution in [0.5, 0.6) is 5.75 Å². The Morgan fingerprint density at radius 2 is 1.38 bits per heavy atom. The Bertz CT molecular complexity index is 898. The highest BCUT2D eigenvalue weighted by atomic mass is 16.5. The molecule has 4 rings (SSSR count). The molecule has 0 spiro atoms. The van der Waals surface area contributed by atoms with Gasteiger partial charge in [-0.1, -0.05) is 72.8 Å².